The minimum Gasteiger partial charge on any atom is -0.410 e. The van der Waals surface area contributed by atoms with Crippen LogP contribution in [0.2, 0.25) is 0 Å². The molecule has 2 atom stereocenters. The molecule has 11 nitrogen and oxygen atoms in total. The van der Waals surface area contributed by atoms with Crippen LogP contribution in [0.4, 0.5) is 5.13 Å². The van der Waals surface area contributed by atoms with Crippen LogP contribution in [0.1, 0.15) is 5.69 Å². The van der Waals surface area contributed by atoms with E-state index in [-0.39, 0.29) is 22.2 Å². The summed E-state index contributed by atoms with van der Waals surface area (Å²) in [6.07, 6.45) is 1.44. The van der Waals surface area contributed by atoms with Crippen LogP contribution >= 0.6 is 23.1 Å². The van der Waals surface area contributed by atoms with Gasteiger partial charge in [-0.05, 0) is 5.57 Å². The van der Waals surface area contributed by atoms with Crippen LogP contribution in [0.3, 0.4) is 0 Å². The Kier molecular flexibility index (Phi) is 5.16. The summed E-state index contributed by atoms with van der Waals surface area (Å²) < 4.78 is 0. The van der Waals surface area contributed by atoms with E-state index in [1.807, 2.05) is 0 Å². The molecule has 0 saturated carbocycles. The van der Waals surface area contributed by atoms with Gasteiger partial charge < -0.3 is 21.1 Å². The fourth-order valence-electron chi connectivity index (χ4n) is 2.66. The van der Waals surface area contributed by atoms with Gasteiger partial charge in [0.05, 0.1) is 0 Å². The van der Waals surface area contributed by atoms with E-state index in [1.165, 1.54) is 28.1 Å². The molecule has 0 aromatic carbocycles. The zero-order valence-corrected chi connectivity index (χ0v) is 15.2. The molecule has 3 heterocycles. The van der Waals surface area contributed by atoms with E-state index >= 15 is 0 Å². The van der Waals surface area contributed by atoms with Gasteiger partial charge in [-0.15, -0.1) is 23.1 Å². The first-order chi connectivity index (χ1) is 12.9. The Morgan fingerprint density at radius 3 is 2.85 bits per heavy atom. The number of rotatable bonds is 5. The first kappa shape index (κ1) is 18.9. The SMILES string of the molecule is C=CC1=C(C(=O)ON)N2C(=O)[C@@H](NC(=O)/C(=N\O)c3csc(N)n3)[C@H]2SC1. The molecule has 0 spiro atoms. The van der Waals surface area contributed by atoms with Crippen LogP contribution < -0.4 is 16.9 Å². The number of nitrogen functional groups attached to an aromatic ring is 1. The number of thiazole rings is 1. The molecule has 0 bridgehead atoms. The molecule has 1 saturated heterocycles. The number of aromatic nitrogens is 1. The topological polar surface area (TPSA) is 173 Å². The lowest BCUT2D eigenvalue weighted by molar-refractivity contribution is -0.152. The molecule has 1 aromatic rings. The third-order valence-corrected chi connectivity index (χ3v) is 5.89. The minimum absolute atomic E-state index is 0.00456. The zero-order valence-electron chi connectivity index (χ0n) is 13.6. The number of nitrogens with zero attached hydrogens (tertiary/aromatic N) is 3. The maximum Gasteiger partial charge on any atom is 0.373 e. The molecule has 2 aliphatic heterocycles. The maximum atomic E-state index is 12.5. The highest BCUT2D eigenvalue weighted by atomic mass is 32.2. The van der Waals surface area contributed by atoms with Gasteiger partial charge >= 0.3 is 5.97 Å². The van der Waals surface area contributed by atoms with Crippen LogP contribution in [0, 0.1) is 0 Å². The minimum atomic E-state index is -0.929. The third kappa shape index (κ3) is 3.15. The molecule has 0 radical (unpaired) electrons. The zero-order chi connectivity index (χ0) is 19.7. The highest BCUT2D eigenvalue weighted by molar-refractivity contribution is 8.00. The summed E-state index contributed by atoms with van der Waals surface area (Å²) in [5, 5.41) is 15.7. The number of thioether (sulfide) groups is 1. The van der Waals surface area contributed by atoms with Crippen molar-refractivity contribution in [1.29, 1.82) is 0 Å². The van der Waals surface area contributed by atoms with Gasteiger partial charge in [-0.2, -0.15) is 5.90 Å². The summed E-state index contributed by atoms with van der Waals surface area (Å²) in [5.74, 6) is 3.11. The lowest BCUT2D eigenvalue weighted by atomic mass is 10.0. The van der Waals surface area contributed by atoms with Crippen molar-refractivity contribution >= 4 is 51.7 Å². The number of amides is 2. The largest absolute Gasteiger partial charge is 0.410 e. The smallest absolute Gasteiger partial charge is 0.373 e. The Morgan fingerprint density at radius 1 is 1.56 bits per heavy atom. The summed E-state index contributed by atoms with van der Waals surface area (Å²) in [5.41, 5.74) is 5.71. The highest BCUT2D eigenvalue weighted by Crippen LogP contribution is 2.40. The van der Waals surface area contributed by atoms with Crippen LogP contribution in [0.25, 0.3) is 0 Å². The number of nitrogens with one attached hydrogen (secondary N) is 1. The number of carbonyl (C=O) groups is 3. The fourth-order valence-corrected chi connectivity index (χ4v) is 4.55. The monoisotopic (exact) mass is 410 g/mol. The summed E-state index contributed by atoms with van der Waals surface area (Å²) >= 11 is 2.40. The maximum absolute atomic E-state index is 12.5. The van der Waals surface area contributed by atoms with Crippen LogP contribution in [0.15, 0.2) is 34.5 Å². The van der Waals surface area contributed by atoms with Crippen LogP contribution in [-0.2, 0) is 19.2 Å². The summed E-state index contributed by atoms with van der Waals surface area (Å²) in [4.78, 5) is 46.2. The van der Waals surface area contributed by atoms with Crippen LogP contribution in [0.5, 0.6) is 0 Å². The third-order valence-electron chi connectivity index (χ3n) is 3.91. The van der Waals surface area contributed by atoms with Crippen molar-refractivity contribution in [2.24, 2.45) is 11.1 Å². The number of carbonyl (C=O) groups excluding carboxylic acids is 3. The molecule has 3 rings (SSSR count). The molecule has 13 heteroatoms. The van der Waals surface area contributed by atoms with Gasteiger partial charge in [0.15, 0.2) is 10.8 Å². The van der Waals surface area contributed by atoms with E-state index in [0.29, 0.717) is 11.3 Å². The number of β-lactam (4-membered cyclic amide) rings is 1. The second-order valence-corrected chi connectivity index (χ2v) is 7.36. The summed E-state index contributed by atoms with van der Waals surface area (Å²) in [6.45, 7) is 3.61. The van der Waals surface area contributed by atoms with E-state index in [9.17, 15) is 14.4 Å². The van der Waals surface area contributed by atoms with E-state index in [2.05, 4.69) is 26.9 Å². The molecule has 2 aliphatic rings. The van der Waals surface area contributed by atoms with Gasteiger partial charge in [0.25, 0.3) is 11.8 Å². The number of fused-ring (bicyclic) bond motifs is 1. The summed E-state index contributed by atoms with van der Waals surface area (Å²) in [7, 11) is 0. The lowest BCUT2D eigenvalue weighted by Gasteiger charge is -2.49. The molecule has 27 heavy (non-hydrogen) atoms. The van der Waals surface area contributed by atoms with Gasteiger partial charge in [0, 0.05) is 11.1 Å². The van der Waals surface area contributed by atoms with Gasteiger partial charge in [-0.3, -0.25) is 14.5 Å². The molecule has 6 N–H and O–H groups in total. The second-order valence-electron chi connectivity index (χ2n) is 5.36. The molecule has 1 aromatic heterocycles. The molecule has 2 amide bonds. The number of hydrogen-bond acceptors (Lipinski definition) is 11. The Hall–Kier alpha value is -2.90. The summed E-state index contributed by atoms with van der Waals surface area (Å²) in [6, 6.07) is -0.929. The Bertz CT molecular complexity index is 894. The molecular formula is C14H14N6O5S2. The standard InChI is InChI=1S/C14H14N6O5S2/c1-2-5-3-26-12-8(11(22)20(12)9(5)13(23)25-16)18-10(21)7(19-24)6-4-27-14(15)17-6/h2,4,8,12,24H,1,3,16H2,(H2,15,17)(H,18,21)/b19-7-/t8-,12-/m1/s1. The molecule has 0 aliphatic carbocycles. The fraction of sp³-hybridized carbons (Fsp3) is 0.214. The quantitative estimate of drug-likeness (QED) is 0.209. The van der Waals surface area contributed by atoms with Crippen molar-refractivity contribution in [2.45, 2.75) is 11.4 Å². The van der Waals surface area contributed by atoms with Crippen molar-refractivity contribution in [3.05, 3.63) is 35.0 Å². The number of allylic oxidation sites excluding steroid dienone is 1. The van der Waals surface area contributed by atoms with Crippen molar-refractivity contribution in [3.63, 3.8) is 0 Å². The Balaban J connectivity index is 1.79. The molecule has 0 unspecified atom stereocenters. The first-order valence-electron chi connectivity index (χ1n) is 7.38. The van der Waals surface area contributed by atoms with Gasteiger partial charge in [-0.1, -0.05) is 17.8 Å². The Labute approximate surface area is 160 Å². The van der Waals surface area contributed by atoms with E-state index in [4.69, 9.17) is 16.8 Å². The molecule has 1 fully saturated rings. The Morgan fingerprint density at radius 2 is 2.30 bits per heavy atom. The number of oxime groups is 1. The van der Waals surface area contributed by atoms with E-state index in [0.717, 1.165) is 11.3 Å². The van der Waals surface area contributed by atoms with Crippen LogP contribution in [-0.4, -0.2) is 55.8 Å². The van der Waals surface area contributed by atoms with Gasteiger partial charge in [-0.25, -0.2) is 9.78 Å². The molecular weight excluding hydrogens is 396 g/mol. The van der Waals surface area contributed by atoms with Crippen molar-refractivity contribution in [2.75, 3.05) is 11.5 Å². The van der Waals surface area contributed by atoms with Crippen molar-refractivity contribution < 1.29 is 24.4 Å². The predicted molar refractivity (Wildman–Crippen MR) is 97.4 cm³/mol. The van der Waals surface area contributed by atoms with E-state index in [1.54, 1.807) is 0 Å². The van der Waals surface area contributed by atoms with E-state index < -0.39 is 29.2 Å². The lowest BCUT2D eigenvalue weighted by Crippen LogP contribution is -2.71. The normalized spacial score (nSPS) is 22.0. The molecule has 142 valence electrons. The van der Waals surface area contributed by atoms with Crippen molar-refractivity contribution in [3.8, 4) is 0 Å². The average molecular weight is 410 g/mol. The van der Waals surface area contributed by atoms with Gasteiger partial charge in [0.1, 0.15) is 22.8 Å². The average Bonchev–Trinajstić information content (AvgIpc) is 3.10. The number of nitrogens with two attached hydrogens (primary N) is 2. The van der Waals surface area contributed by atoms with Gasteiger partial charge in [0.2, 0.25) is 0 Å². The predicted octanol–water partition coefficient (Wildman–Crippen LogP) is -0.839. The number of hydrogen-bond donors (Lipinski definition) is 4. The highest BCUT2D eigenvalue weighted by Gasteiger charge is 2.54. The number of anilines is 1. The second kappa shape index (κ2) is 7.38. The first-order valence-corrected chi connectivity index (χ1v) is 9.31. The van der Waals surface area contributed by atoms with Crippen molar-refractivity contribution in [1.82, 2.24) is 15.2 Å².